The van der Waals surface area contributed by atoms with Gasteiger partial charge in [0.05, 0.1) is 11.2 Å². The fraction of sp³-hybridized carbons (Fsp3) is 0.474. The number of amides is 1. The van der Waals surface area contributed by atoms with E-state index in [2.05, 4.69) is 5.32 Å². The topological polar surface area (TPSA) is 64.6 Å². The van der Waals surface area contributed by atoms with Crippen LogP contribution in [0.2, 0.25) is 0 Å². The van der Waals surface area contributed by atoms with Crippen LogP contribution in [-0.2, 0) is 14.1 Å². The predicted octanol–water partition coefficient (Wildman–Crippen LogP) is 2.96. The molecule has 6 heteroatoms. The van der Waals surface area contributed by atoms with Crippen LogP contribution in [0.1, 0.15) is 56.1 Å². The third kappa shape index (κ3) is 4.38. The summed E-state index contributed by atoms with van der Waals surface area (Å²) in [5, 5.41) is 2.81. The molecule has 5 nitrogen and oxygen atoms in total. The van der Waals surface area contributed by atoms with Crippen LogP contribution < -0.4 is 5.32 Å². The zero-order valence-electron chi connectivity index (χ0n) is 15.8. The summed E-state index contributed by atoms with van der Waals surface area (Å²) in [6.45, 7) is 11.7. The van der Waals surface area contributed by atoms with E-state index in [9.17, 15) is 9.59 Å². The molecule has 25 heavy (non-hydrogen) atoms. The highest BCUT2D eigenvalue weighted by Crippen LogP contribution is 2.38. The zero-order chi connectivity index (χ0) is 18.8. The summed E-state index contributed by atoms with van der Waals surface area (Å²) in [4.78, 5) is 22.4. The first kappa shape index (κ1) is 19.4. The first-order valence-corrected chi connectivity index (χ1v) is 8.42. The number of aryl methyl sites for hydroxylation is 1. The average molecular weight is 343 g/mol. The van der Waals surface area contributed by atoms with Gasteiger partial charge >= 0.3 is 7.12 Å². The van der Waals surface area contributed by atoms with Crippen molar-refractivity contribution in [1.82, 2.24) is 5.32 Å². The number of aldehydes is 1. The predicted molar refractivity (Wildman–Crippen MR) is 99.3 cm³/mol. The Kier molecular flexibility index (Phi) is 5.54. The standard InChI is InChI=1S/C19H26BNO4/c1-13-7-8-15(12-22)9-16(13)10-17(11-21-14(2)23)20-24-18(3,4)19(5,6)25-20/h7-10,12H,11H2,1-6H3,(H,21,23). The SMILES string of the molecule is CC(=O)NCC(=Cc1cc(C=O)ccc1C)B1OC(C)(C)C(C)(C)O1. The van der Waals surface area contributed by atoms with Crippen molar-refractivity contribution in [3.63, 3.8) is 0 Å². The first-order chi connectivity index (χ1) is 11.6. The highest BCUT2D eigenvalue weighted by Gasteiger charge is 2.52. The van der Waals surface area contributed by atoms with Crippen molar-refractivity contribution in [3.05, 3.63) is 40.4 Å². The molecule has 1 amide bonds. The van der Waals surface area contributed by atoms with Crippen molar-refractivity contribution >= 4 is 25.4 Å². The van der Waals surface area contributed by atoms with Gasteiger partial charge in [-0.25, -0.2) is 0 Å². The summed E-state index contributed by atoms with van der Waals surface area (Å²) in [7, 11) is -0.559. The Hall–Kier alpha value is -1.92. The van der Waals surface area contributed by atoms with Crippen molar-refractivity contribution in [2.24, 2.45) is 0 Å². The second-order valence-corrected chi connectivity index (χ2v) is 7.45. The van der Waals surface area contributed by atoms with Gasteiger partial charge < -0.3 is 14.6 Å². The summed E-state index contributed by atoms with van der Waals surface area (Å²) >= 11 is 0. The minimum Gasteiger partial charge on any atom is -0.400 e. The van der Waals surface area contributed by atoms with E-state index in [0.29, 0.717) is 12.1 Å². The number of carbonyl (C=O) groups is 2. The molecule has 1 aromatic rings. The molecular weight excluding hydrogens is 317 g/mol. The molecule has 0 atom stereocenters. The molecular formula is C19H26BNO4. The molecule has 1 saturated heterocycles. The van der Waals surface area contributed by atoms with Crippen LogP contribution in [-0.4, -0.2) is 37.1 Å². The van der Waals surface area contributed by atoms with Crippen LogP contribution in [0, 0.1) is 6.92 Å². The van der Waals surface area contributed by atoms with Crippen molar-refractivity contribution in [2.45, 2.75) is 52.7 Å². The van der Waals surface area contributed by atoms with Crippen molar-refractivity contribution in [1.29, 1.82) is 0 Å². The number of hydrogen-bond donors (Lipinski definition) is 1. The van der Waals surface area contributed by atoms with Crippen LogP contribution in [0.25, 0.3) is 6.08 Å². The second kappa shape index (κ2) is 7.14. The molecule has 1 aromatic carbocycles. The molecule has 0 unspecified atom stereocenters. The zero-order valence-corrected chi connectivity index (χ0v) is 15.8. The van der Waals surface area contributed by atoms with Crippen molar-refractivity contribution in [2.75, 3.05) is 6.54 Å². The van der Waals surface area contributed by atoms with E-state index >= 15 is 0 Å². The van der Waals surface area contributed by atoms with Gasteiger partial charge in [0.2, 0.25) is 5.91 Å². The quantitative estimate of drug-likeness (QED) is 0.659. The molecule has 0 radical (unpaired) electrons. The fourth-order valence-electron chi connectivity index (χ4n) is 2.51. The average Bonchev–Trinajstić information content (AvgIpc) is 2.73. The van der Waals surface area contributed by atoms with Gasteiger partial charge in [-0.15, -0.1) is 0 Å². The lowest BCUT2D eigenvalue weighted by molar-refractivity contribution is -0.118. The molecule has 2 rings (SSSR count). The monoisotopic (exact) mass is 343 g/mol. The van der Waals surface area contributed by atoms with Crippen molar-refractivity contribution in [3.8, 4) is 0 Å². The molecule has 0 aliphatic carbocycles. The third-order valence-electron chi connectivity index (χ3n) is 4.88. The Labute approximate surface area is 149 Å². The maximum atomic E-state index is 11.4. The molecule has 0 spiro atoms. The van der Waals surface area contributed by atoms with Crippen molar-refractivity contribution < 1.29 is 18.9 Å². The molecule has 1 fully saturated rings. The van der Waals surface area contributed by atoms with Crippen LogP contribution in [0.15, 0.2) is 23.7 Å². The normalized spacial score (nSPS) is 19.0. The Morgan fingerprint density at radius 3 is 2.32 bits per heavy atom. The number of nitrogens with one attached hydrogen (secondary N) is 1. The van der Waals surface area contributed by atoms with Gasteiger partial charge in [0.1, 0.15) is 6.29 Å². The van der Waals surface area contributed by atoms with E-state index in [0.717, 1.165) is 22.9 Å². The van der Waals surface area contributed by atoms with Gasteiger partial charge in [0, 0.05) is 19.0 Å². The van der Waals surface area contributed by atoms with Gasteiger partial charge in [0.15, 0.2) is 0 Å². The minimum absolute atomic E-state index is 0.124. The van der Waals surface area contributed by atoms with E-state index in [1.54, 1.807) is 6.07 Å². The van der Waals surface area contributed by atoms with Gasteiger partial charge in [-0.1, -0.05) is 18.2 Å². The second-order valence-electron chi connectivity index (χ2n) is 7.45. The van der Waals surface area contributed by atoms with Gasteiger partial charge in [-0.2, -0.15) is 0 Å². The van der Waals surface area contributed by atoms with Crippen LogP contribution in [0.5, 0.6) is 0 Å². The molecule has 1 heterocycles. The molecule has 1 aliphatic rings. The summed E-state index contributed by atoms with van der Waals surface area (Å²) in [5.41, 5.74) is 2.41. The molecule has 0 saturated carbocycles. The van der Waals surface area contributed by atoms with Crippen LogP contribution in [0.3, 0.4) is 0 Å². The largest absolute Gasteiger partial charge is 0.492 e. The Morgan fingerprint density at radius 2 is 1.80 bits per heavy atom. The van der Waals surface area contributed by atoms with Crippen LogP contribution in [0.4, 0.5) is 0 Å². The maximum Gasteiger partial charge on any atom is 0.492 e. The Balaban J connectivity index is 2.40. The van der Waals surface area contributed by atoms with Crippen LogP contribution >= 0.6 is 0 Å². The molecule has 0 aromatic heterocycles. The smallest absolute Gasteiger partial charge is 0.400 e. The molecule has 134 valence electrons. The maximum absolute atomic E-state index is 11.4. The summed E-state index contributed by atoms with van der Waals surface area (Å²) in [6.07, 6.45) is 2.75. The van der Waals surface area contributed by atoms with E-state index < -0.39 is 18.3 Å². The number of carbonyl (C=O) groups excluding carboxylic acids is 2. The number of benzene rings is 1. The number of rotatable bonds is 5. The molecule has 1 N–H and O–H groups in total. The highest BCUT2D eigenvalue weighted by molar-refractivity contribution is 6.56. The third-order valence-corrected chi connectivity index (χ3v) is 4.88. The Bertz CT molecular complexity index is 693. The summed E-state index contributed by atoms with van der Waals surface area (Å²) < 4.78 is 12.2. The van der Waals surface area contributed by atoms with E-state index in [1.165, 1.54) is 6.92 Å². The lowest BCUT2D eigenvalue weighted by Gasteiger charge is -2.32. The lowest BCUT2D eigenvalue weighted by Crippen LogP contribution is -2.41. The minimum atomic E-state index is -0.559. The molecule has 1 aliphatic heterocycles. The molecule has 0 bridgehead atoms. The van der Waals surface area contributed by atoms with E-state index in [4.69, 9.17) is 9.31 Å². The first-order valence-electron chi connectivity index (χ1n) is 8.42. The fourth-order valence-corrected chi connectivity index (χ4v) is 2.51. The Morgan fingerprint density at radius 1 is 1.20 bits per heavy atom. The van der Waals surface area contributed by atoms with Gasteiger partial charge in [-0.05, 0) is 57.3 Å². The number of hydrogen-bond acceptors (Lipinski definition) is 4. The van der Waals surface area contributed by atoms with Gasteiger partial charge in [0.25, 0.3) is 0 Å². The highest BCUT2D eigenvalue weighted by atomic mass is 16.7. The van der Waals surface area contributed by atoms with E-state index in [1.807, 2.05) is 52.8 Å². The van der Waals surface area contributed by atoms with Gasteiger partial charge in [-0.3, -0.25) is 9.59 Å². The van der Waals surface area contributed by atoms with E-state index in [-0.39, 0.29) is 5.91 Å². The summed E-state index contributed by atoms with van der Waals surface area (Å²) in [6, 6.07) is 5.50. The lowest BCUT2D eigenvalue weighted by atomic mass is 9.76. The summed E-state index contributed by atoms with van der Waals surface area (Å²) in [5.74, 6) is -0.124.